The Labute approximate surface area is 70.8 Å². The zero-order valence-electron chi connectivity index (χ0n) is 6.92. The summed E-state index contributed by atoms with van der Waals surface area (Å²) in [5.41, 5.74) is 6.80. The van der Waals surface area contributed by atoms with Gasteiger partial charge in [0, 0.05) is 5.56 Å². The molecule has 0 aliphatic heterocycles. The van der Waals surface area contributed by atoms with Gasteiger partial charge in [0.2, 0.25) is 0 Å². The van der Waals surface area contributed by atoms with Crippen LogP contribution in [0.4, 0.5) is 4.39 Å². The summed E-state index contributed by atoms with van der Waals surface area (Å²) in [5.74, 6) is 0.0696. The van der Waals surface area contributed by atoms with Gasteiger partial charge in [-0.2, -0.15) is 0 Å². The number of aryl methyl sites for hydroxylation is 1. The normalized spacial score (nSPS) is 12.9. The van der Waals surface area contributed by atoms with Gasteiger partial charge >= 0.3 is 0 Å². The molecular formula is C9H12FNO. The zero-order chi connectivity index (χ0) is 9.14. The highest BCUT2D eigenvalue weighted by molar-refractivity contribution is 5.37. The summed E-state index contributed by atoms with van der Waals surface area (Å²) in [4.78, 5) is 0. The molecule has 0 amide bonds. The Bertz CT molecular complexity index is 275. The molecule has 66 valence electrons. The lowest BCUT2D eigenvalue weighted by atomic mass is 10.1. The standard InChI is InChI=1S/C9H12FNO/c1-6-2-3-7(8(11)5-10)9(12)4-6/h2-4,8,12H,5,11H2,1H3/t8-/m1/s1. The van der Waals surface area contributed by atoms with Crippen LogP contribution < -0.4 is 5.73 Å². The third-order valence-electron chi connectivity index (χ3n) is 1.75. The molecule has 1 aromatic rings. The molecule has 0 bridgehead atoms. The molecule has 1 aromatic carbocycles. The first kappa shape index (κ1) is 9.00. The number of alkyl halides is 1. The highest BCUT2D eigenvalue weighted by atomic mass is 19.1. The van der Waals surface area contributed by atoms with E-state index in [1.807, 2.05) is 6.92 Å². The van der Waals surface area contributed by atoms with Crippen molar-refractivity contribution in [3.63, 3.8) is 0 Å². The van der Waals surface area contributed by atoms with Crippen molar-refractivity contribution in [1.82, 2.24) is 0 Å². The van der Waals surface area contributed by atoms with E-state index in [1.165, 1.54) is 0 Å². The second-order valence-corrected chi connectivity index (χ2v) is 2.82. The monoisotopic (exact) mass is 169 g/mol. The van der Waals surface area contributed by atoms with E-state index in [-0.39, 0.29) is 5.75 Å². The fraction of sp³-hybridized carbons (Fsp3) is 0.333. The molecule has 0 heterocycles. The maximum absolute atomic E-state index is 12.1. The van der Waals surface area contributed by atoms with E-state index in [9.17, 15) is 9.50 Å². The summed E-state index contributed by atoms with van der Waals surface area (Å²) in [6.45, 7) is 1.20. The number of halogens is 1. The van der Waals surface area contributed by atoms with Gasteiger partial charge in [-0.1, -0.05) is 12.1 Å². The lowest BCUT2D eigenvalue weighted by molar-refractivity contribution is 0.414. The molecule has 3 heteroatoms. The van der Waals surface area contributed by atoms with E-state index in [2.05, 4.69) is 0 Å². The van der Waals surface area contributed by atoms with Crippen LogP contribution >= 0.6 is 0 Å². The molecule has 0 aliphatic carbocycles. The number of benzene rings is 1. The highest BCUT2D eigenvalue weighted by Gasteiger charge is 2.09. The summed E-state index contributed by atoms with van der Waals surface area (Å²) in [7, 11) is 0. The summed E-state index contributed by atoms with van der Waals surface area (Å²) < 4.78 is 12.1. The first-order valence-electron chi connectivity index (χ1n) is 3.76. The summed E-state index contributed by atoms with van der Waals surface area (Å²) in [6.07, 6.45) is 0. The van der Waals surface area contributed by atoms with Crippen molar-refractivity contribution in [3.05, 3.63) is 29.3 Å². The van der Waals surface area contributed by atoms with Gasteiger partial charge in [-0.25, -0.2) is 4.39 Å². The van der Waals surface area contributed by atoms with Gasteiger partial charge in [0.15, 0.2) is 0 Å². The van der Waals surface area contributed by atoms with Crippen LogP contribution in [0.5, 0.6) is 5.75 Å². The largest absolute Gasteiger partial charge is 0.508 e. The van der Waals surface area contributed by atoms with E-state index in [0.29, 0.717) is 5.56 Å². The third kappa shape index (κ3) is 1.74. The average Bonchev–Trinajstić information content (AvgIpc) is 2.03. The molecule has 12 heavy (non-hydrogen) atoms. The summed E-state index contributed by atoms with van der Waals surface area (Å²) in [5, 5.41) is 9.35. The second-order valence-electron chi connectivity index (χ2n) is 2.82. The lowest BCUT2D eigenvalue weighted by Gasteiger charge is -2.09. The first-order valence-corrected chi connectivity index (χ1v) is 3.76. The van der Waals surface area contributed by atoms with Crippen LogP contribution in [-0.4, -0.2) is 11.8 Å². The first-order chi connectivity index (χ1) is 5.65. The van der Waals surface area contributed by atoms with Crippen LogP contribution in [0.3, 0.4) is 0 Å². The van der Waals surface area contributed by atoms with Crippen molar-refractivity contribution >= 4 is 0 Å². The number of phenolic OH excluding ortho intramolecular Hbond substituents is 1. The smallest absolute Gasteiger partial charge is 0.120 e. The Morgan fingerprint density at radius 3 is 2.75 bits per heavy atom. The van der Waals surface area contributed by atoms with E-state index in [1.54, 1.807) is 18.2 Å². The predicted octanol–water partition coefficient (Wildman–Crippen LogP) is 1.67. The maximum atomic E-state index is 12.1. The quantitative estimate of drug-likeness (QED) is 0.707. The molecule has 3 N–H and O–H groups in total. The van der Waals surface area contributed by atoms with Crippen molar-refractivity contribution in [2.75, 3.05) is 6.67 Å². The fourth-order valence-electron chi connectivity index (χ4n) is 1.05. The van der Waals surface area contributed by atoms with Gasteiger partial charge < -0.3 is 10.8 Å². The SMILES string of the molecule is Cc1ccc([C@H](N)CF)c(O)c1. The van der Waals surface area contributed by atoms with Gasteiger partial charge in [0.25, 0.3) is 0 Å². The van der Waals surface area contributed by atoms with Crippen molar-refractivity contribution in [2.45, 2.75) is 13.0 Å². The van der Waals surface area contributed by atoms with Gasteiger partial charge in [-0.3, -0.25) is 0 Å². The van der Waals surface area contributed by atoms with Gasteiger partial charge in [0.1, 0.15) is 12.4 Å². The Balaban J connectivity index is 3.01. The molecule has 0 radical (unpaired) electrons. The van der Waals surface area contributed by atoms with Crippen LogP contribution in [0.1, 0.15) is 17.2 Å². The van der Waals surface area contributed by atoms with Gasteiger partial charge in [0.05, 0.1) is 6.04 Å². The van der Waals surface area contributed by atoms with Crippen LogP contribution in [0.15, 0.2) is 18.2 Å². The number of phenols is 1. The van der Waals surface area contributed by atoms with Crippen LogP contribution in [0.2, 0.25) is 0 Å². The van der Waals surface area contributed by atoms with Crippen LogP contribution in [0.25, 0.3) is 0 Å². The number of hydrogen-bond acceptors (Lipinski definition) is 2. The molecule has 1 atom stereocenters. The minimum atomic E-state index is -0.717. The number of nitrogens with two attached hydrogens (primary N) is 1. The molecule has 0 unspecified atom stereocenters. The summed E-state index contributed by atoms with van der Waals surface area (Å²) in [6, 6.07) is 4.30. The van der Waals surface area contributed by atoms with Crippen LogP contribution in [-0.2, 0) is 0 Å². The minimum Gasteiger partial charge on any atom is -0.508 e. The zero-order valence-corrected chi connectivity index (χ0v) is 6.92. The van der Waals surface area contributed by atoms with E-state index >= 15 is 0 Å². The molecule has 1 rings (SSSR count). The number of hydrogen-bond donors (Lipinski definition) is 2. The highest BCUT2D eigenvalue weighted by Crippen LogP contribution is 2.23. The number of rotatable bonds is 2. The molecule has 0 saturated heterocycles. The Kier molecular flexibility index (Phi) is 2.65. The topological polar surface area (TPSA) is 46.2 Å². The van der Waals surface area contributed by atoms with Gasteiger partial charge in [-0.05, 0) is 18.6 Å². The average molecular weight is 169 g/mol. The molecule has 0 aliphatic rings. The van der Waals surface area contributed by atoms with E-state index < -0.39 is 12.7 Å². The Hall–Kier alpha value is -1.09. The summed E-state index contributed by atoms with van der Waals surface area (Å²) >= 11 is 0. The minimum absolute atomic E-state index is 0.0696. The molecule has 0 spiro atoms. The van der Waals surface area contributed by atoms with Crippen molar-refractivity contribution in [2.24, 2.45) is 5.73 Å². The predicted molar refractivity (Wildman–Crippen MR) is 45.7 cm³/mol. The van der Waals surface area contributed by atoms with Gasteiger partial charge in [-0.15, -0.1) is 0 Å². The molecular weight excluding hydrogens is 157 g/mol. The van der Waals surface area contributed by atoms with Crippen molar-refractivity contribution in [1.29, 1.82) is 0 Å². The van der Waals surface area contributed by atoms with Crippen molar-refractivity contribution in [3.8, 4) is 5.75 Å². The van der Waals surface area contributed by atoms with E-state index in [0.717, 1.165) is 5.56 Å². The Morgan fingerprint density at radius 1 is 1.58 bits per heavy atom. The van der Waals surface area contributed by atoms with E-state index in [4.69, 9.17) is 5.73 Å². The Morgan fingerprint density at radius 2 is 2.25 bits per heavy atom. The fourth-order valence-corrected chi connectivity index (χ4v) is 1.05. The molecule has 2 nitrogen and oxygen atoms in total. The second kappa shape index (κ2) is 3.54. The third-order valence-corrected chi connectivity index (χ3v) is 1.75. The van der Waals surface area contributed by atoms with Crippen molar-refractivity contribution < 1.29 is 9.50 Å². The molecule has 0 fully saturated rings. The maximum Gasteiger partial charge on any atom is 0.120 e. The molecule has 0 aromatic heterocycles. The lowest BCUT2D eigenvalue weighted by Crippen LogP contribution is -2.12. The van der Waals surface area contributed by atoms with Crippen LogP contribution in [0, 0.1) is 6.92 Å². The molecule has 0 saturated carbocycles. The number of aromatic hydroxyl groups is 1.